The molecule has 1 N–H and O–H groups in total. The van der Waals surface area contributed by atoms with Gasteiger partial charge in [-0.05, 0) is 61.7 Å². The summed E-state index contributed by atoms with van der Waals surface area (Å²) in [6.07, 6.45) is 0. The van der Waals surface area contributed by atoms with Crippen LogP contribution >= 0.6 is 23.2 Å². The molecule has 1 heterocycles. The number of ketones is 1. The van der Waals surface area contributed by atoms with Gasteiger partial charge in [0.1, 0.15) is 11.5 Å². The van der Waals surface area contributed by atoms with E-state index >= 15 is 0 Å². The van der Waals surface area contributed by atoms with Crippen LogP contribution in [0.2, 0.25) is 10.0 Å². The Hall–Kier alpha value is -3.28. The third-order valence-corrected chi connectivity index (χ3v) is 6.24. The van der Waals surface area contributed by atoms with Crippen molar-refractivity contribution in [2.45, 2.75) is 26.8 Å². The largest absolute Gasteiger partial charge is 0.507 e. The number of Topliss-reactive ketones (excluding diaryl/α,β-unsaturated/α-hetero) is 1. The number of aliphatic hydroxyl groups excluding tert-OH is 1. The van der Waals surface area contributed by atoms with Crippen molar-refractivity contribution >= 4 is 46.3 Å². The molecule has 1 aliphatic heterocycles. The van der Waals surface area contributed by atoms with E-state index in [1.807, 2.05) is 51.1 Å². The highest BCUT2D eigenvalue weighted by atomic mass is 35.5. The summed E-state index contributed by atoms with van der Waals surface area (Å²) in [5, 5.41) is 12.1. The zero-order valence-corrected chi connectivity index (χ0v) is 20.7. The molecule has 1 saturated heterocycles. The molecule has 5 nitrogen and oxygen atoms in total. The Balaban J connectivity index is 2.04. The average molecular weight is 496 g/mol. The van der Waals surface area contributed by atoms with E-state index in [1.54, 1.807) is 24.3 Å². The van der Waals surface area contributed by atoms with Gasteiger partial charge in [0, 0.05) is 15.7 Å². The lowest BCUT2D eigenvalue weighted by Gasteiger charge is -2.26. The van der Waals surface area contributed by atoms with Crippen molar-refractivity contribution in [3.8, 4) is 5.75 Å². The van der Waals surface area contributed by atoms with Crippen LogP contribution in [0.1, 0.15) is 33.9 Å². The van der Waals surface area contributed by atoms with Gasteiger partial charge in [-0.25, -0.2) is 0 Å². The van der Waals surface area contributed by atoms with Gasteiger partial charge in [0.15, 0.2) is 0 Å². The fourth-order valence-corrected chi connectivity index (χ4v) is 4.99. The lowest BCUT2D eigenvalue weighted by atomic mass is 9.93. The molecule has 0 saturated carbocycles. The molecule has 1 fully saturated rings. The van der Waals surface area contributed by atoms with Gasteiger partial charge in [0.25, 0.3) is 11.7 Å². The molecule has 1 atom stereocenters. The molecule has 3 aromatic rings. The van der Waals surface area contributed by atoms with Crippen LogP contribution in [0.3, 0.4) is 0 Å². The third-order valence-electron chi connectivity index (χ3n) is 5.81. The van der Waals surface area contributed by atoms with E-state index < -0.39 is 17.7 Å². The van der Waals surface area contributed by atoms with Crippen LogP contribution in [0.4, 0.5) is 5.69 Å². The first-order chi connectivity index (χ1) is 16.1. The molecule has 0 spiro atoms. The average Bonchev–Trinajstić information content (AvgIpc) is 3.03. The highest BCUT2D eigenvalue weighted by molar-refractivity contribution is 6.52. The number of hydrogen-bond donors (Lipinski definition) is 1. The Morgan fingerprint density at radius 1 is 0.941 bits per heavy atom. The van der Waals surface area contributed by atoms with Crippen molar-refractivity contribution in [3.63, 3.8) is 0 Å². The van der Waals surface area contributed by atoms with Crippen LogP contribution in [-0.4, -0.2) is 23.9 Å². The van der Waals surface area contributed by atoms with Gasteiger partial charge in [0.05, 0.1) is 24.3 Å². The number of methoxy groups -OCH3 is 1. The summed E-state index contributed by atoms with van der Waals surface area (Å²) in [5.41, 5.74) is 3.96. The minimum Gasteiger partial charge on any atom is -0.507 e. The van der Waals surface area contributed by atoms with Crippen molar-refractivity contribution in [2.75, 3.05) is 12.0 Å². The van der Waals surface area contributed by atoms with Crippen LogP contribution in [-0.2, 0) is 9.59 Å². The summed E-state index contributed by atoms with van der Waals surface area (Å²) in [6.45, 7) is 5.65. The van der Waals surface area contributed by atoms with Crippen LogP contribution < -0.4 is 9.64 Å². The van der Waals surface area contributed by atoms with Gasteiger partial charge in [-0.15, -0.1) is 0 Å². The zero-order valence-electron chi connectivity index (χ0n) is 19.1. The highest BCUT2D eigenvalue weighted by Crippen LogP contribution is 2.44. The Morgan fingerprint density at radius 3 is 2.24 bits per heavy atom. The number of benzene rings is 3. The van der Waals surface area contributed by atoms with Crippen molar-refractivity contribution in [3.05, 3.63) is 98.0 Å². The summed E-state index contributed by atoms with van der Waals surface area (Å²) >= 11 is 12.4. The number of amides is 1. The smallest absolute Gasteiger partial charge is 0.300 e. The predicted octanol–water partition coefficient (Wildman–Crippen LogP) is 6.55. The first-order valence-corrected chi connectivity index (χ1v) is 11.4. The summed E-state index contributed by atoms with van der Waals surface area (Å²) in [7, 11) is 1.50. The van der Waals surface area contributed by atoms with Crippen molar-refractivity contribution in [1.29, 1.82) is 0 Å². The Labute approximate surface area is 208 Å². The molecule has 34 heavy (non-hydrogen) atoms. The Kier molecular flexibility index (Phi) is 6.43. The Bertz CT molecular complexity index is 1340. The fraction of sp³-hybridized carbons (Fsp3) is 0.185. The maximum absolute atomic E-state index is 13.4. The van der Waals surface area contributed by atoms with Gasteiger partial charge in [-0.2, -0.15) is 0 Å². The van der Waals surface area contributed by atoms with Gasteiger partial charge < -0.3 is 9.84 Å². The normalized spacial score (nSPS) is 17.4. The number of ether oxygens (including phenoxy) is 1. The van der Waals surface area contributed by atoms with E-state index in [-0.39, 0.29) is 11.3 Å². The molecule has 1 aliphatic rings. The van der Waals surface area contributed by atoms with Crippen LogP contribution in [0.25, 0.3) is 5.76 Å². The SMILES string of the molecule is COc1c(C)cc(C)cc1/C(O)=C1\C(=O)C(=O)N(c2cc(Cl)cc(Cl)c2)C1c1cccc(C)c1. The first kappa shape index (κ1) is 23.9. The van der Waals surface area contributed by atoms with E-state index in [4.69, 9.17) is 27.9 Å². The number of hydrogen-bond acceptors (Lipinski definition) is 4. The summed E-state index contributed by atoms with van der Waals surface area (Å²) in [5.74, 6) is -1.46. The zero-order chi connectivity index (χ0) is 24.7. The first-order valence-electron chi connectivity index (χ1n) is 10.6. The summed E-state index contributed by atoms with van der Waals surface area (Å²) < 4.78 is 5.54. The number of aliphatic hydroxyl groups is 1. The summed E-state index contributed by atoms with van der Waals surface area (Å²) in [4.78, 5) is 28.1. The molecular weight excluding hydrogens is 473 g/mol. The molecule has 174 valence electrons. The number of anilines is 1. The van der Waals surface area contributed by atoms with E-state index in [1.165, 1.54) is 12.0 Å². The number of nitrogens with zero attached hydrogens (tertiary/aromatic N) is 1. The maximum Gasteiger partial charge on any atom is 0.300 e. The Morgan fingerprint density at radius 2 is 1.62 bits per heavy atom. The van der Waals surface area contributed by atoms with E-state index in [9.17, 15) is 14.7 Å². The quantitative estimate of drug-likeness (QED) is 0.253. The van der Waals surface area contributed by atoms with Crippen molar-refractivity contribution in [2.24, 2.45) is 0 Å². The second-order valence-corrected chi connectivity index (χ2v) is 9.25. The van der Waals surface area contributed by atoms with Gasteiger partial charge >= 0.3 is 0 Å². The van der Waals surface area contributed by atoms with Crippen molar-refractivity contribution in [1.82, 2.24) is 0 Å². The number of rotatable bonds is 4. The molecule has 7 heteroatoms. The number of carbonyl (C=O) groups is 2. The van der Waals surface area contributed by atoms with Crippen LogP contribution in [0.5, 0.6) is 5.75 Å². The molecule has 0 bridgehead atoms. The van der Waals surface area contributed by atoms with Gasteiger partial charge in [-0.3, -0.25) is 14.5 Å². The molecule has 1 unspecified atom stereocenters. The van der Waals surface area contributed by atoms with E-state index in [0.29, 0.717) is 32.6 Å². The topological polar surface area (TPSA) is 66.8 Å². The number of aryl methyl sites for hydroxylation is 3. The molecule has 1 amide bonds. The highest BCUT2D eigenvalue weighted by Gasteiger charge is 2.47. The van der Waals surface area contributed by atoms with Gasteiger partial charge in [-0.1, -0.05) is 59.1 Å². The lowest BCUT2D eigenvalue weighted by molar-refractivity contribution is -0.132. The predicted molar refractivity (Wildman–Crippen MR) is 135 cm³/mol. The maximum atomic E-state index is 13.4. The third kappa shape index (κ3) is 4.17. The van der Waals surface area contributed by atoms with E-state index in [0.717, 1.165) is 16.7 Å². The second kappa shape index (κ2) is 9.16. The van der Waals surface area contributed by atoms with Crippen molar-refractivity contribution < 1.29 is 19.4 Å². The molecule has 4 rings (SSSR count). The van der Waals surface area contributed by atoms with E-state index in [2.05, 4.69) is 0 Å². The second-order valence-electron chi connectivity index (χ2n) is 8.37. The monoisotopic (exact) mass is 495 g/mol. The molecule has 3 aromatic carbocycles. The molecule has 0 aliphatic carbocycles. The minimum absolute atomic E-state index is 0.0324. The standard InChI is InChI=1S/C27H23Cl2NO4/c1-14-6-5-7-17(9-14)23-22(24(31)21-10-15(2)8-16(3)26(21)34-4)25(32)27(33)30(23)20-12-18(28)11-19(29)13-20/h5-13,23,31H,1-4H3/b24-22+. The summed E-state index contributed by atoms with van der Waals surface area (Å²) in [6, 6.07) is 14.9. The van der Waals surface area contributed by atoms with Gasteiger partial charge in [0.2, 0.25) is 0 Å². The number of halogens is 2. The van der Waals surface area contributed by atoms with Crippen LogP contribution in [0, 0.1) is 20.8 Å². The fourth-order valence-electron chi connectivity index (χ4n) is 4.48. The minimum atomic E-state index is -0.889. The number of carbonyl (C=O) groups excluding carboxylic acids is 2. The lowest BCUT2D eigenvalue weighted by Crippen LogP contribution is -2.29. The molecular formula is C27H23Cl2NO4. The molecule has 0 radical (unpaired) electrons. The molecule has 0 aromatic heterocycles. The van der Waals surface area contributed by atoms with Crippen LogP contribution in [0.15, 0.2) is 60.2 Å².